The highest BCUT2D eigenvalue weighted by molar-refractivity contribution is 7.13. The van der Waals surface area contributed by atoms with Crippen LogP contribution < -0.4 is 5.32 Å². The van der Waals surface area contributed by atoms with Crippen LogP contribution in [0, 0.1) is 13.8 Å². The molecule has 0 aromatic carbocycles. The molecule has 0 saturated carbocycles. The van der Waals surface area contributed by atoms with Gasteiger partial charge in [0.25, 0.3) is 5.91 Å². The third kappa shape index (κ3) is 3.56. The van der Waals surface area contributed by atoms with Gasteiger partial charge in [0.1, 0.15) is 9.88 Å². The fourth-order valence-corrected chi connectivity index (χ4v) is 2.81. The summed E-state index contributed by atoms with van der Waals surface area (Å²) in [5.74, 6) is -1.40. The van der Waals surface area contributed by atoms with Gasteiger partial charge in [0.15, 0.2) is 0 Å². The molecule has 0 atom stereocenters. The highest BCUT2D eigenvalue weighted by atomic mass is 35.5. The number of thiazole rings is 1. The van der Waals surface area contributed by atoms with Crippen molar-refractivity contribution in [2.24, 2.45) is 0 Å². The number of nitrogens with one attached hydrogen (secondary N) is 1. The lowest BCUT2D eigenvalue weighted by molar-refractivity contribution is 0.0701. The van der Waals surface area contributed by atoms with Crippen molar-refractivity contribution in [1.29, 1.82) is 0 Å². The van der Waals surface area contributed by atoms with Gasteiger partial charge in [-0.3, -0.25) is 9.78 Å². The molecule has 0 fully saturated rings. The van der Waals surface area contributed by atoms with Gasteiger partial charge in [-0.25, -0.2) is 9.78 Å². The van der Waals surface area contributed by atoms with Crippen molar-refractivity contribution >= 4 is 34.8 Å². The van der Waals surface area contributed by atoms with Crippen LogP contribution in [0.2, 0.25) is 5.02 Å². The second-order valence-corrected chi connectivity index (χ2v) is 5.81. The number of amides is 1. The van der Waals surface area contributed by atoms with Crippen molar-refractivity contribution in [3.05, 3.63) is 44.1 Å². The molecule has 0 aliphatic carbocycles. The summed E-state index contributed by atoms with van der Waals surface area (Å²) < 4.78 is 0. The number of carbonyl (C=O) groups excluding carboxylic acids is 1. The average Bonchev–Trinajstić information content (AvgIpc) is 2.77. The molecule has 8 heteroatoms. The van der Waals surface area contributed by atoms with Crippen molar-refractivity contribution in [1.82, 2.24) is 15.3 Å². The smallest absolute Gasteiger partial charge is 0.347 e. The van der Waals surface area contributed by atoms with Crippen LogP contribution in [0.15, 0.2) is 12.3 Å². The summed E-state index contributed by atoms with van der Waals surface area (Å²) in [6.07, 6.45) is 1.41. The second kappa shape index (κ2) is 6.19. The molecule has 1 amide bonds. The predicted octanol–water partition coefficient (Wildman–Crippen LogP) is 2.44. The van der Waals surface area contributed by atoms with Gasteiger partial charge in [0.2, 0.25) is 0 Å². The number of carboxylic acid groups (broad SMARTS) is 1. The summed E-state index contributed by atoms with van der Waals surface area (Å²) in [5, 5.41) is 12.4. The zero-order chi connectivity index (χ0) is 15.6. The summed E-state index contributed by atoms with van der Waals surface area (Å²) >= 11 is 7.02. The molecule has 0 aliphatic rings. The number of aromatic carboxylic acids is 1. The molecule has 0 unspecified atom stereocenters. The average molecular weight is 326 g/mol. The van der Waals surface area contributed by atoms with E-state index < -0.39 is 5.97 Å². The number of pyridine rings is 1. The number of hydrogen-bond acceptors (Lipinski definition) is 5. The Hall–Kier alpha value is -1.99. The summed E-state index contributed by atoms with van der Waals surface area (Å²) in [5.41, 5.74) is 1.43. The predicted molar refractivity (Wildman–Crippen MR) is 79.0 cm³/mol. The first-order chi connectivity index (χ1) is 9.88. The van der Waals surface area contributed by atoms with E-state index in [4.69, 9.17) is 16.7 Å². The lowest BCUT2D eigenvalue weighted by Gasteiger charge is -2.05. The molecule has 2 aromatic rings. The number of aryl methyl sites for hydroxylation is 2. The third-order valence-corrected chi connectivity index (χ3v) is 4.13. The highest BCUT2D eigenvalue weighted by Crippen LogP contribution is 2.19. The van der Waals surface area contributed by atoms with E-state index in [1.54, 1.807) is 19.9 Å². The fraction of sp³-hybridized carbons (Fsp3) is 0.231. The molecule has 0 saturated heterocycles. The van der Waals surface area contributed by atoms with E-state index in [0.717, 1.165) is 17.0 Å². The molecule has 110 valence electrons. The molecule has 0 aliphatic heterocycles. The van der Waals surface area contributed by atoms with E-state index in [1.165, 1.54) is 6.20 Å². The first-order valence-corrected chi connectivity index (χ1v) is 7.18. The number of carboxylic acids is 1. The van der Waals surface area contributed by atoms with Gasteiger partial charge < -0.3 is 10.4 Å². The number of nitrogens with zero attached hydrogens (tertiary/aromatic N) is 2. The van der Waals surface area contributed by atoms with Crippen molar-refractivity contribution in [3.8, 4) is 0 Å². The molecule has 2 N–H and O–H groups in total. The van der Waals surface area contributed by atoms with Crippen LogP contribution in [0.1, 0.15) is 36.4 Å². The number of hydrogen-bond donors (Lipinski definition) is 2. The first kappa shape index (κ1) is 15.4. The monoisotopic (exact) mass is 325 g/mol. The van der Waals surface area contributed by atoms with Gasteiger partial charge in [-0.1, -0.05) is 11.6 Å². The third-order valence-electron chi connectivity index (χ3n) is 2.67. The molecule has 0 bridgehead atoms. The normalized spacial score (nSPS) is 10.4. The number of aromatic nitrogens is 2. The van der Waals surface area contributed by atoms with Gasteiger partial charge in [-0.2, -0.15) is 0 Å². The van der Waals surface area contributed by atoms with Gasteiger partial charge in [0.05, 0.1) is 22.8 Å². The minimum atomic E-state index is -1.02. The minimum absolute atomic E-state index is 0.141. The van der Waals surface area contributed by atoms with Crippen LogP contribution in [0.5, 0.6) is 0 Å². The zero-order valence-corrected chi connectivity index (χ0v) is 12.9. The Bertz CT molecular complexity index is 715. The Morgan fingerprint density at radius 2 is 2.14 bits per heavy atom. The minimum Gasteiger partial charge on any atom is -0.477 e. The zero-order valence-electron chi connectivity index (χ0n) is 11.3. The standard InChI is InChI=1S/C13H12ClN3O3S/c1-6-3-9(14)8(4-15-6)12(18)16-5-10-17-7(2)11(21-10)13(19)20/h3-4H,5H2,1-2H3,(H,16,18)(H,19,20). The Kier molecular flexibility index (Phi) is 4.54. The van der Waals surface area contributed by atoms with Crippen LogP contribution in [-0.2, 0) is 6.54 Å². The number of rotatable bonds is 4. The van der Waals surface area contributed by atoms with Crippen LogP contribution in [0.25, 0.3) is 0 Å². The largest absolute Gasteiger partial charge is 0.477 e. The summed E-state index contributed by atoms with van der Waals surface area (Å²) in [6, 6.07) is 1.60. The number of carbonyl (C=O) groups is 2. The van der Waals surface area contributed by atoms with E-state index in [0.29, 0.717) is 15.7 Å². The molecule has 2 rings (SSSR count). The van der Waals surface area contributed by atoms with E-state index in [-0.39, 0.29) is 22.9 Å². The van der Waals surface area contributed by atoms with Crippen LogP contribution in [-0.4, -0.2) is 27.0 Å². The van der Waals surface area contributed by atoms with E-state index in [1.807, 2.05) is 0 Å². The lowest BCUT2D eigenvalue weighted by atomic mass is 10.2. The van der Waals surface area contributed by atoms with E-state index in [9.17, 15) is 9.59 Å². The topological polar surface area (TPSA) is 92.2 Å². The molecular weight excluding hydrogens is 314 g/mol. The maximum atomic E-state index is 12.0. The van der Waals surface area contributed by atoms with E-state index >= 15 is 0 Å². The van der Waals surface area contributed by atoms with Crippen molar-refractivity contribution in [2.45, 2.75) is 20.4 Å². The first-order valence-electron chi connectivity index (χ1n) is 5.98. The Morgan fingerprint density at radius 1 is 1.43 bits per heavy atom. The molecule has 6 nitrogen and oxygen atoms in total. The summed E-state index contributed by atoms with van der Waals surface area (Å²) in [4.78, 5) is 31.2. The molecule has 0 spiro atoms. The summed E-state index contributed by atoms with van der Waals surface area (Å²) in [7, 11) is 0. The maximum Gasteiger partial charge on any atom is 0.347 e. The Labute approximate surface area is 129 Å². The second-order valence-electron chi connectivity index (χ2n) is 4.32. The van der Waals surface area contributed by atoms with Crippen molar-refractivity contribution in [2.75, 3.05) is 0 Å². The molecule has 2 aromatic heterocycles. The Balaban J connectivity index is 2.07. The Morgan fingerprint density at radius 3 is 2.71 bits per heavy atom. The van der Waals surface area contributed by atoms with Crippen LogP contribution in [0.3, 0.4) is 0 Å². The maximum absolute atomic E-state index is 12.0. The molecule has 21 heavy (non-hydrogen) atoms. The molecule has 2 heterocycles. The molecular formula is C13H12ClN3O3S. The quantitative estimate of drug-likeness (QED) is 0.900. The molecule has 0 radical (unpaired) electrons. The SMILES string of the molecule is Cc1cc(Cl)c(C(=O)NCc2nc(C)c(C(=O)O)s2)cn1. The highest BCUT2D eigenvalue weighted by Gasteiger charge is 2.15. The fourth-order valence-electron chi connectivity index (χ4n) is 1.67. The van der Waals surface area contributed by atoms with Gasteiger partial charge in [-0.05, 0) is 19.9 Å². The lowest BCUT2D eigenvalue weighted by Crippen LogP contribution is -2.23. The van der Waals surface area contributed by atoms with Gasteiger partial charge >= 0.3 is 5.97 Å². The number of halogens is 1. The van der Waals surface area contributed by atoms with E-state index in [2.05, 4.69) is 15.3 Å². The van der Waals surface area contributed by atoms with Gasteiger partial charge in [-0.15, -0.1) is 11.3 Å². The van der Waals surface area contributed by atoms with Gasteiger partial charge in [0, 0.05) is 11.9 Å². The van der Waals surface area contributed by atoms with Crippen LogP contribution >= 0.6 is 22.9 Å². The van der Waals surface area contributed by atoms with Crippen LogP contribution in [0.4, 0.5) is 0 Å². The van der Waals surface area contributed by atoms with Crippen molar-refractivity contribution in [3.63, 3.8) is 0 Å². The van der Waals surface area contributed by atoms with Crippen molar-refractivity contribution < 1.29 is 14.7 Å². The summed E-state index contributed by atoms with van der Waals surface area (Å²) in [6.45, 7) is 3.53.